The highest BCUT2D eigenvalue weighted by molar-refractivity contribution is 7.10. The lowest BCUT2D eigenvalue weighted by Gasteiger charge is -2.30. The zero-order valence-corrected chi connectivity index (χ0v) is 22.3. The Hall–Kier alpha value is -4.84. The van der Waals surface area contributed by atoms with Crippen LogP contribution in [0.1, 0.15) is 22.0 Å². The molecule has 5 rings (SSSR count). The maximum atomic E-state index is 13.8. The van der Waals surface area contributed by atoms with Crippen LogP contribution in [-0.4, -0.2) is 36.9 Å². The van der Waals surface area contributed by atoms with Gasteiger partial charge in [-0.15, -0.1) is 21.5 Å². The van der Waals surface area contributed by atoms with Crippen LogP contribution in [0.5, 0.6) is 0 Å². The molecule has 0 radical (unpaired) electrons. The Morgan fingerprint density at radius 1 is 0.854 bits per heavy atom. The molecule has 0 spiro atoms. The maximum Gasteiger partial charge on any atom is 0.248 e. The van der Waals surface area contributed by atoms with Gasteiger partial charge in [-0.3, -0.25) is 9.59 Å². The molecule has 1 unspecified atom stereocenters. The third-order valence-corrected chi connectivity index (χ3v) is 7.10. The molecular weight excluding hydrogens is 553 g/mol. The lowest BCUT2D eigenvalue weighted by atomic mass is 10.1. The number of hydrogen-bond acceptors (Lipinski definition) is 6. The van der Waals surface area contributed by atoms with Crippen LogP contribution in [0.15, 0.2) is 90.3 Å². The van der Waals surface area contributed by atoms with Gasteiger partial charge in [0.25, 0.3) is 0 Å². The van der Waals surface area contributed by atoms with Crippen molar-refractivity contribution in [3.05, 3.63) is 124 Å². The summed E-state index contributed by atoms with van der Waals surface area (Å²) >= 11 is 1.31. The van der Waals surface area contributed by atoms with Gasteiger partial charge in [-0.1, -0.05) is 30.3 Å². The summed E-state index contributed by atoms with van der Waals surface area (Å²) in [5, 5.41) is 16.8. The van der Waals surface area contributed by atoms with Crippen molar-refractivity contribution in [1.82, 2.24) is 30.4 Å². The van der Waals surface area contributed by atoms with Crippen molar-refractivity contribution >= 4 is 23.2 Å². The minimum atomic E-state index is -1.03. The predicted octanol–water partition coefficient (Wildman–Crippen LogP) is 4.91. The van der Waals surface area contributed by atoms with Gasteiger partial charge < -0.3 is 10.2 Å². The minimum Gasteiger partial charge on any atom is -0.350 e. The second-order valence-electron chi connectivity index (χ2n) is 9.06. The van der Waals surface area contributed by atoms with Gasteiger partial charge in [0, 0.05) is 23.5 Å². The number of benzene rings is 3. The summed E-state index contributed by atoms with van der Waals surface area (Å²) in [4.78, 5) is 30.5. The van der Waals surface area contributed by atoms with E-state index in [4.69, 9.17) is 0 Å². The van der Waals surface area contributed by atoms with Crippen molar-refractivity contribution in [1.29, 1.82) is 0 Å². The number of nitrogens with zero attached hydrogens (tertiary/aromatic N) is 5. The standard InChI is InChI=1S/C29H23F3N6O2S/c30-22-9-3-19(4-10-22)16-33-29(40)27(25-2-1-15-41-25)37(17-20-5-11-23(31)12-6-20)26(39)18-38-35-28(34-36-38)21-7-13-24(32)14-8-21/h1-15,27H,16-18H2,(H,33,40). The molecule has 0 saturated carbocycles. The van der Waals surface area contributed by atoms with E-state index >= 15 is 0 Å². The predicted molar refractivity (Wildman–Crippen MR) is 145 cm³/mol. The van der Waals surface area contributed by atoms with Crippen LogP contribution >= 0.6 is 11.3 Å². The normalized spacial score (nSPS) is 11.7. The molecule has 2 heterocycles. The van der Waals surface area contributed by atoms with Crippen molar-refractivity contribution in [3.8, 4) is 11.4 Å². The van der Waals surface area contributed by atoms with Crippen molar-refractivity contribution in [2.75, 3.05) is 0 Å². The Kier molecular flexibility index (Phi) is 8.49. The number of hydrogen-bond donors (Lipinski definition) is 1. The fourth-order valence-electron chi connectivity index (χ4n) is 4.11. The average Bonchev–Trinajstić information content (AvgIpc) is 3.67. The Bertz CT molecular complexity index is 1610. The highest BCUT2D eigenvalue weighted by Gasteiger charge is 2.33. The van der Waals surface area contributed by atoms with Crippen molar-refractivity contribution < 1.29 is 22.8 Å². The third-order valence-electron chi connectivity index (χ3n) is 6.17. The molecule has 0 aliphatic rings. The maximum absolute atomic E-state index is 13.8. The molecular formula is C29H23F3N6O2S. The zero-order chi connectivity index (χ0) is 28.8. The van der Waals surface area contributed by atoms with Crippen LogP contribution < -0.4 is 5.32 Å². The van der Waals surface area contributed by atoms with E-state index in [2.05, 4.69) is 20.7 Å². The van der Waals surface area contributed by atoms with E-state index in [-0.39, 0.29) is 25.5 Å². The largest absolute Gasteiger partial charge is 0.350 e. The van der Waals surface area contributed by atoms with E-state index in [0.29, 0.717) is 21.6 Å². The van der Waals surface area contributed by atoms with Crippen LogP contribution in [0.25, 0.3) is 11.4 Å². The van der Waals surface area contributed by atoms with Crippen LogP contribution in [0.2, 0.25) is 0 Å². The molecule has 1 atom stereocenters. The van der Waals surface area contributed by atoms with E-state index < -0.39 is 35.3 Å². The molecule has 0 saturated heterocycles. The fraction of sp³-hybridized carbons (Fsp3) is 0.138. The van der Waals surface area contributed by atoms with Gasteiger partial charge in [0.2, 0.25) is 17.6 Å². The topological polar surface area (TPSA) is 93.0 Å². The number of thiophene rings is 1. The number of carbonyl (C=O) groups is 2. The number of amides is 2. The summed E-state index contributed by atoms with van der Waals surface area (Å²) in [5.41, 5.74) is 1.80. The lowest BCUT2D eigenvalue weighted by molar-refractivity contribution is -0.142. The van der Waals surface area contributed by atoms with Gasteiger partial charge in [-0.05, 0) is 76.3 Å². The van der Waals surface area contributed by atoms with E-state index in [1.165, 1.54) is 76.9 Å². The van der Waals surface area contributed by atoms with Gasteiger partial charge >= 0.3 is 0 Å². The summed E-state index contributed by atoms with van der Waals surface area (Å²) in [6, 6.07) is 19.4. The molecule has 2 amide bonds. The minimum absolute atomic E-state index is 0.00877. The summed E-state index contributed by atoms with van der Waals surface area (Å²) in [6.07, 6.45) is 0. The summed E-state index contributed by atoms with van der Waals surface area (Å²) in [5.74, 6) is -1.98. The fourth-order valence-corrected chi connectivity index (χ4v) is 4.94. The number of halogens is 3. The highest BCUT2D eigenvalue weighted by atomic mass is 32.1. The third kappa shape index (κ3) is 7.03. The van der Waals surface area contributed by atoms with Crippen LogP contribution in [0, 0.1) is 17.5 Å². The first-order chi connectivity index (χ1) is 19.9. The van der Waals surface area contributed by atoms with Crippen molar-refractivity contribution in [3.63, 3.8) is 0 Å². The van der Waals surface area contributed by atoms with Crippen LogP contribution in [0.4, 0.5) is 13.2 Å². The SMILES string of the molecule is O=C(NCc1ccc(F)cc1)C(c1cccs1)N(Cc1ccc(F)cc1)C(=O)Cn1nnc(-c2ccc(F)cc2)n1. The quantitative estimate of drug-likeness (QED) is 0.255. The molecule has 41 heavy (non-hydrogen) atoms. The molecule has 2 aromatic heterocycles. The first kappa shape index (κ1) is 27.7. The summed E-state index contributed by atoms with van der Waals surface area (Å²) < 4.78 is 40.3. The first-order valence-electron chi connectivity index (χ1n) is 12.5. The van der Waals surface area contributed by atoms with Crippen LogP contribution in [0.3, 0.4) is 0 Å². The summed E-state index contributed by atoms with van der Waals surface area (Å²) in [6.45, 7) is -0.237. The highest BCUT2D eigenvalue weighted by Crippen LogP contribution is 2.28. The number of tetrazole rings is 1. The average molecular weight is 577 g/mol. The molecule has 8 nitrogen and oxygen atoms in total. The molecule has 0 aliphatic heterocycles. The number of rotatable bonds is 10. The molecule has 12 heteroatoms. The van der Waals surface area contributed by atoms with Crippen LogP contribution in [-0.2, 0) is 29.2 Å². The monoisotopic (exact) mass is 576 g/mol. The van der Waals surface area contributed by atoms with Crippen molar-refractivity contribution in [2.24, 2.45) is 0 Å². The molecule has 208 valence electrons. The second kappa shape index (κ2) is 12.6. The molecule has 0 fully saturated rings. The van der Waals surface area contributed by atoms with Gasteiger partial charge in [-0.25, -0.2) is 13.2 Å². The Labute approximate surface area is 237 Å². The Morgan fingerprint density at radius 3 is 2.07 bits per heavy atom. The molecule has 5 aromatic rings. The van der Waals surface area contributed by atoms with E-state index in [9.17, 15) is 22.8 Å². The van der Waals surface area contributed by atoms with E-state index in [1.807, 2.05) is 0 Å². The van der Waals surface area contributed by atoms with Crippen molar-refractivity contribution in [2.45, 2.75) is 25.7 Å². The lowest BCUT2D eigenvalue weighted by Crippen LogP contribution is -2.44. The number of carbonyl (C=O) groups excluding carboxylic acids is 2. The zero-order valence-electron chi connectivity index (χ0n) is 21.5. The molecule has 3 aromatic carbocycles. The molecule has 1 N–H and O–H groups in total. The van der Waals surface area contributed by atoms with E-state index in [1.54, 1.807) is 29.6 Å². The van der Waals surface area contributed by atoms with Gasteiger partial charge in [0.15, 0.2) is 0 Å². The summed E-state index contributed by atoms with van der Waals surface area (Å²) in [7, 11) is 0. The Balaban J connectivity index is 1.42. The smallest absolute Gasteiger partial charge is 0.248 e. The first-order valence-corrected chi connectivity index (χ1v) is 13.4. The Morgan fingerprint density at radius 2 is 1.46 bits per heavy atom. The van der Waals surface area contributed by atoms with Gasteiger partial charge in [-0.2, -0.15) is 4.80 Å². The van der Waals surface area contributed by atoms with Gasteiger partial charge in [0.1, 0.15) is 30.0 Å². The number of aromatic nitrogens is 4. The van der Waals surface area contributed by atoms with Gasteiger partial charge in [0.05, 0.1) is 0 Å². The molecule has 0 aliphatic carbocycles. The second-order valence-corrected chi connectivity index (χ2v) is 10.0. The van der Waals surface area contributed by atoms with E-state index in [0.717, 1.165) is 4.80 Å². The molecule has 0 bridgehead atoms. The number of nitrogens with one attached hydrogen (secondary N) is 1.